The van der Waals surface area contributed by atoms with Crippen molar-refractivity contribution in [1.82, 2.24) is 0 Å². The average Bonchev–Trinajstić information content (AvgIpc) is 2.84. The van der Waals surface area contributed by atoms with Crippen molar-refractivity contribution in [3.63, 3.8) is 0 Å². The number of nitrogens with one attached hydrogen (secondary N) is 2. The lowest BCUT2D eigenvalue weighted by molar-refractivity contribution is -0.114. The van der Waals surface area contributed by atoms with Crippen molar-refractivity contribution in [3.05, 3.63) is 84.4 Å². The molecule has 0 spiro atoms. The van der Waals surface area contributed by atoms with Crippen LogP contribution >= 0.6 is 0 Å². The molecule has 0 aromatic heterocycles. The number of para-hydroxylation sites is 1. The van der Waals surface area contributed by atoms with Gasteiger partial charge in [0.2, 0.25) is 5.91 Å². The number of carbonyl (C=O) groups is 2. The number of hydrogen-bond donors (Lipinski definition) is 2. The molecule has 2 N–H and O–H groups in total. The molecule has 0 bridgehead atoms. The number of nitrogens with zero attached hydrogens (tertiary/aromatic N) is 1. The minimum absolute atomic E-state index is 0.0737. The molecule has 1 atom stereocenters. The molecular formula is C27H31N3O3. The second-order valence-corrected chi connectivity index (χ2v) is 7.73. The minimum Gasteiger partial charge on any atom is -0.491 e. The molecule has 0 saturated carbocycles. The molecular weight excluding hydrogens is 414 g/mol. The predicted octanol–water partition coefficient (Wildman–Crippen LogP) is 5.58. The van der Waals surface area contributed by atoms with E-state index in [9.17, 15) is 9.59 Å². The van der Waals surface area contributed by atoms with Crippen LogP contribution in [-0.4, -0.2) is 31.0 Å². The first-order chi connectivity index (χ1) is 16.0. The van der Waals surface area contributed by atoms with Gasteiger partial charge in [-0.05, 0) is 62.7 Å². The van der Waals surface area contributed by atoms with Gasteiger partial charge in [0.05, 0.1) is 12.6 Å². The Morgan fingerprint density at radius 2 is 1.64 bits per heavy atom. The number of carbonyl (C=O) groups excluding carboxylic acids is 2. The van der Waals surface area contributed by atoms with E-state index in [2.05, 4.69) is 17.6 Å². The van der Waals surface area contributed by atoms with Crippen LogP contribution in [0, 0.1) is 0 Å². The molecule has 0 heterocycles. The summed E-state index contributed by atoms with van der Waals surface area (Å²) in [5, 5.41) is 5.97. The van der Waals surface area contributed by atoms with Crippen molar-refractivity contribution in [2.24, 2.45) is 0 Å². The standard InChI is InChI=1S/C27H31N3O3/c1-4-20(3)33-25-16-10-13-23(18-25)29-26(31)19-28-22-12-9-11-21(17-22)27(32)30(5-2)24-14-7-6-8-15-24/h6-18,20,28H,4-5,19H2,1-3H3,(H,29,31). The first-order valence-electron chi connectivity index (χ1n) is 11.3. The van der Waals surface area contributed by atoms with Gasteiger partial charge in [-0.3, -0.25) is 9.59 Å². The topological polar surface area (TPSA) is 70.7 Å². The van der Waals surface area contributed by atoms with Gasteiger partial charge in [0.1, 0.15) is 5.75 Å². The lowest BCUT2D eigenvalue weighted by Crippen LogP contribution is -2.30. The van der Waals surface area contributed by atoms with Crippen LogP contribution in [-0.2, 0) is 4.79 Å². The Kier molecular flexibility index (Phi) is 8.47. The molecule has 3 aromatic carbocycles. The van der Waals surface area contributed by atoms with Crippen molar-refractivity contribution in [2.45, 2.75) is 33.3 Å². The molecule has 3 aromatic rings. The third-order valence-corrected chi connectivity index (χ3v) is 5.22. The fourth-order valence-corrected chi connectivity index (χ4v) is 3.32. The summed E-state index contributed by atoms with van der Waals surface area (Å²) in [5.41, 5.74) is 2.78. The first-order valence-corrected chi connectivity index (χ1v) is 11.3. The van der Waals surface area contributed by atoms with Crippen LogP contribution in [0.2, 0.25) is 0 Å². The van der Waals surface area contributed by atoms with Crippen molar-refractivity contribution in [2.75, 3.05) is 28.6 Å². The number of hydrogen-bond acceptors (Lipinski definition) is 4. The summed E-state index contributed by atoms with van der Waals surface area (Å²) >= 11 is 0. The van der Waals surface area contributed by atoms with E-state index in [4.69, 9.17) is 4.74 Å². The van der Waals surface area contributed by atoms with Gasteiger partial charge in [-0.1, -0.05) is 37.3 Å². The van der Waals surface area contributed by atoms with Crippen molar-refractivity contribution < 1.29 is 14.3 Å². The van der Waals surface area contributed by atoms with Crippen LogP contribution in [0.1, 0.15) is 37.6 Å². The zero-order valence-corrected chi connectivity index (χ0v) is 19.4. The highest BCUT2D eigenvalue weighted by Crippen LogP contribution is 2.20. The van der Waals surface area contributed by atoms with E-state index in [-0.39, 0.29) is 24.5 Å². The van der Waals surface area contributed by atoms with Crippen LogP contribution in [0.3, 0.4) is 0 Å². The Bertz CT molecular complexity index is 1070. The summed E-state index contributed by atoms with van der Waals surface area (Å²) in [6, 6.07) is 24.1. The zero-order chi connectivity index (χ0) is 23.6. The van der Waals surface area contributed by atoms with Crippen molar-refractivity contribution in [3.8, 4) is 5.75 Å². The van der Waals surface area contributed by atoms with E-state index in [0.717, 1.165) is 17.9 Å². The van der Waals surface area contributed by atoms with Gasteiger partial charge < -0.3 is 20.3 Å². The Labute approximate surface area is 195 Å². The Morgan fingerprint density at radius 1 is 0.909 bits per heavy atom. The number of ether oxygens (including phenoxy) is 1. The van der Waals surface area contributed by atoms with Gasteiger partial charge in [-0.15, -0.1) is 0 Å². The van der Waals surface area contributed by atoms with Crippen molar-refractivity contribution >= 4 is 28.9 Å². The SMILES string of the molecule is CCC(C)Oc1cccc(NC(=O)CNc2cccc(C(=O)N(CC)c3ccccc3)c2)c1. The van der Waals surface area contributed by atoms with Crippen LogP contribution in [0.4, 0.5) is 17.1 Å². The predicted molar refractivity (Wildman–Crippen MR) is 134 cm³/mol. The first kappa shape index (κ1) is 23.9. The van der Waals surface area contributed by atoms with E-state index in [1.807, 2.05) is 80.6 Å². The molecule has 0 radical (unpaired) electrons. The van der Waals surface area contributed by atoms with Crippen LogP contribution in [0.25, 0.3) is 0 Å². The third kappa shape index (κ3) is 6.84. The summed E-state index contributed by atoms with van der Waals surface area (Å²) in [5.74, 6) is 0.446. The molecule has 3 rings (SSSR count). The lowest BCUT2D eigenvalue weighted by atomic mass is 10.1. The van der Waals surface area contributed by atoms with Gasteiger partial charge in [0.25, 0.3) is 5.91 Å². The maximum absolute atomic E-state index is 13.0. The van der Waals surface area contributed by atoms with Gasteiger partial charge in [-0.2, -0.15) is 0 Å². The summed E-state index contributed by atoms with van der Waals surface area (Å²) in [6.07, 6.45) is 1.02. The molecule has 33 heavy (non-hydrogen) atoms. The summed E-state index contributed by atoms with van der Waals surface area (Å²) < 4.78 is 5.81. The van der Waals surface area contributed by atoms with Gasteiger partial charge >= 0.3 is 0 Å². The second-order valence-electron chi connectivity index (χ2n) is 7.73. The average molecular weight is 446 g/mol. The maximum atomic E-state index is 13.0. The van der Waals surface area contributed by atoms with Crippen LogP contribution in [0.15, 0.2) is 78.9 Å². The Morgan fingerprint density at radius 3 is 2.36 bits per heavy atom. The lowest BCUT2D eigenvalue weighted by Gasteiger charge is -2.21. The number of benzene rings is 3. The highest BCUT2D eigenvalue weighted by Gasteiger charge is 2.16. The summed E-state index contributed by atoms with van der Waals surface area (Å²) in [7, 11) is 0. The van der Waals surface area contributed by atoms with E-state index >= 15 is 0 Å². The molecule has 0 aliphatic carbocycles. The highest BCUT2D eigenvalue weighted by atomic mass is 16.5. The normalized spacial score (nSPS) is 11.4. The number of anilines is 3. The second kappa shape index (κ2) is 11.7. The zero-order valence-electron chi connectivity index (χ0n) is 19.4. The minimum atomic E-state index is -0.188. The third-order valence-electron chi connectivity index (χ3n) is 5.22. The largest absolute Gasteiger partial charge is 0.491 e. The molecule has 2 amide bonds. The molecule has 0 aliphatic heterocycles. The maximum Gasteiger partial charge on any atom is 0.258 e. The smallest absolute Gasteiger partial charge is 0.258 e. The van der Waals surface area contributed by atoms with Gasteiger partial charge in [-0.25, -0.2) is 0 Å². The van der Waals surface area contributed by atoms with E-state index in [1.165, 1.54) is 0 Å². The fraction of sp³-hybridized carbons (Fsp3) is 0.259. The fourth-order valence-electron chi connectivity index (χ4n) is 3.32. The Hall–Kier alpha value is -3.80. The Balaban J connectivity index is 1.60. The van der Waals surface area contributed by atoms with E-state index in [0.29, 0.717) is 23.5 Å². The molecule has 0 saturated heterocycles. The highest BCUT2D eigenvalue weighted by molar-refractivity contribution is 6.06. The molecule has 0 aliphatic rings. The number of rotatable bonds is 10. The molecule has 1 unspecified atom stereocenters. The van der Waals surface area contributed by atoms with Gasteiger partial charge in [0, 0.05) is 35.2 Å². The van der Waals surface area contributed by atoms with E-state index in [1.54, 1.807) is 17.0 Å². The van der Waals surface area contributed by atoms with Crippen molar-refractivity contribution in [1.29, 1.82) is 0 Å². The van der Waals surface area contributed by atoms with E-state index < -0.39 is 0 Å². The summed E-state index contributed by atoms with van der Waals surface area (Å²) in [6.45, 7) is 6.65. The molecule has 172 valence electrons. The molecule has 0 fully saturated rings. The number of amides is 2. The van der Waals surface area contributed by atoms with Gasteiger partial charge in [0.15, 0.2) is 0 Å². The van der Waals surface area contributed by atoms with Crippen LogP contribution in [0.5, 0.6) is 5.75 Å². The monoisotopic (exact) mass is 445 g/mol. The van der Waals surface area contributed by atoms with Crippen LogP contribution < -0.4 is 20.3 Å². The quantitative estimate of drug-likeness (QED) is 0.427. The summed E-state index contributed by atoms with van der Waals surface area (Å²) in [4.78, 5) is 27.2. The molecule has 6 heteroatoms. The molecule has 6 nitrogen and oxygen atoms in total.